The molecule has 1 aliphatic rings. The van der Waals surface area contributed by atoms with Gasteiger partial charge in [-0.2, -0.15) is 18.3 Å². The molecule has 2 heterocycles. The first kappa shape index (κ1) is 24.2. The van der Waals surface area contributed by atoms with Crippen molar-refractivity contribution in [2.24, 2.45) is 7.05 Å². The van der Waals surface area contributed by atoms with E-state index in [0.29, 0.717) is 13.1 Å². The molecule has 1 aromatic heterocycles. The van der Waals surface area contributed by atoms with E-state index in [4.69, 9.17) is 9.90 Å². The van der Waals surface area contributed by atoms with E-state index < -0.39 is 12.1 Å². The van der Waals surface area contributed by atoms with Gasteiger partial charge in [0.25, 0.3) is 0 Å². The highest BCUT2D eigenvalue weighted by molar-refractivity contribution is 5.89. The molecule has 8 nitrogen and oxygen atoms in total. The summed E-state index contributed by atoms with van der Waals surface area (Å²) in [6, 6.07) is 7.95. The molecule has 170 valence electrons. The molecule has 2 amide bonds. The highest BCUT2D eigenvalue weighted by Gasteiger charge is 2.38. The van der Waals surface area contributed by atoms with Gasteiger partial charge in [0.2, 0.25) is 0 Å². The van der Waals surface area contributed by atoms with E-state index in [2.05, 4.69) is 22.2 Å². The van der Waals surface area contributed by atoms with Crippen LogP contribution in [0.3, 0.4) is 0 Å². The number of urea groups is 1. The van der Waals surface area contributed by atoms with Gasteiger partial charge >= 0.3 is 18.2 Å². The van der Waals surface area contributed by atoms with Crippen molar-refractivity contribution in [3.63, 3.8) is 0 Å². The van der Waals surface area contributed by atoms with Gasteiger partial charge in [0.15, 0.2) is 0 Å². The zero-order chi connectivity index (χ0) is 23.3. The molecular weight excluding hydrogens is 415 g/mol. The van der Waals surface area contributed by atoms with Crippen molar-refractivity contribution in [1.29, 1.82) is 0 Å². The minimum atomic E-state index is -5.08. The molecule has 2 N–H and O–H groups in total. The Balaban J connectivity index is 0.000000423. The Morgan fingerprint density at radius 2 is 1.77 bits per heavy atom. The van der Waals surface area contributed by atoms with E-state index in [1.807, 2.05) is 55.0 Å². The molecule has 0 atom stereocenters. The van der Waals surface area contributed by atoms with Gasteiger partial charge in [0.1, 0.15) is 0 Å². The van der Waals surface area contributed by atoms with Gasteiger partial charge in [0, 0.05) is 24.8 Å². The van der Waals surface area contributed by atoms with E-state index in [1.54, 1.807) is 0 Å². The fourth-order valence-corrected chi connectivity index (χ4v) is 3.07. The number of carboxylic acids is 1. The second-order valence-corrected chi connectivity index (χ2v) is 7.37. The lowest BCUT2D eigenvalue weighted by atomic mass is 10.1. The molecule has 0 saturated carbocycles. The number of nitrogens with one attached hydrogen (secondary N) is 1. The maximum Gasteiger partial charge on any atom is 0.490 e. The van der Waals surface area contributed by atoms with Crippen molar-refractivity contribution in [3.05, 3.63) is 46.8 Å². The summed E-state index contributed by atoms with van der Waals surface area (Å²) in [6.45, 7) is 4.13. The van der Waals surface area contributed by atoms with Crippen molar-refractivity contribution in [2.75, 3.05) is 19.4 Å². The lowest BCUT2D eigenvalue weighted by Gasteiger charge is -2.17. The number of rotatable bonds is 4. The zero-order valence-corrected chi connectivity index (χ0v) is 17.8. The van der Waals surface area contributed by atoms with Crippen LogP contribution in [0.2, 0.25) is 0 Å². The highest BCUT2D eigenvalue weighted by Crippen LogP contribution is 2.26. The second kappa shape index (κ2) is 9.82. The minimum absolute atomic E-state index is 0.0637. The number of fused-ring (bicyclic) bond motifs is 1. The number of aryl methyl sites for hydroxylation is 2. The summed E-state index contributed by atoms with van der Waals surface area (Å²) in [6.07, 6.45) is -4.09. The molecule has 0 fully saturated rings. The number of carbonyl (C=O) groups is 2. The van der Waals surface area contributed by atoms with Crippen LogP contribution in [0.1, 0.15) is 29.4 Å². The molecule has 1 aromatic carbocycles. The van der Waals surface area contributed by atoms with Gasteiger partial charge in [0.05, 0.1) is 24.5 Å². The van der Waals surface area contributed by atoms with Crippen LogP contribution in [0.4, 0.5) is 23.7 Å². The number of anilines is 1. The Morgan fingerprint density at radius 1 is 1.19 bits per heavy atom. The number of carbonyl (C=O) groups excluding carboxylic acids is 1. The third-order valence-electron chi connectivity index (χ3n) is 4.66. The highest BCUT2D eigenvalue weighted by atomic mass is 19.4. The maximum absolute atomic E-state index is 12.6. The number of carboxylic acid groups (broad SMARTS) is 1. The summed E-state index contributed by atoms with van der Waals surface area (Å²) in [4.78, 5) is 25.4. The minimum Gasteiger partial charge on any atom is -0.475 e. The summed E-state index contributed by atoms with van der Waals surface area (Å²) in [5, 5.41) is 14.7. The van der Waals surface area contributed by atoms with Crippen LogP contribution in [0, 0.1) is 0 Å². The number of hydrogen-bond acceptors (Lipinski definition) is 4. The second-order valence-electron chi connectivity index (χ2n) is 7.37. The zero-order valence-electron chi connectivity index (χ0n) is 17.8. The summed E-state index contributed by atoms with van der Waals surface area (Å²) >= 11 is 0. The normalized spacial score (nSPS) is 13.0. The van der Waals surface area contributed by atoms with Crippen LogP contribution >= 0.6 is 0 Å². The number of hydrogen-bond donors (Lipinski definition) is 2. The summed E-state index contributed by atoms with van der Waals surface area (Å²) in [5.41, 5.74) is 5.46. The molecule has 0 bridgehead atoms. The first-order chi connectivity index (χ1) is 14.4. The number of aliphatic carboxylic acids is 1. The van der Waals surface area contributed by atoms with Crippen LogP contribution < -0.4 is 5.32 Å². The average molecular weight is 441 g/mol. The molecule has 11 heteroatoms. The standard InChI is InChI=1S/C18H25N5O.C2HF3O2/c1-5-13-6-8-14(9-7-13)19-18(24)23-10-15-16(11-21(2)3)20-22(4)17(15)12-23;3-2(4,5)1(6)7/h6-9H,5,10-12H2,1-4H3,(H,19,24);(H,6,7). The fraction of sp³-hybridized carbons (Fsp3) is 0.450. The van der Waals surface area contributed by atoms with Crippen LogP contribution in [-0.4, -0.2) is 57.0 Å². The van der Waals surface area contributed by atoms with Crippen LogP contribution in [0.5, 0.6) is 0 Å². The number of nitrogens with zero attached hydrogens (tertiary/aromatic N) is 4. The number of amides is 2. The molecule has 0 radical (unpaired) electrons. The van der Waals surface area contributed by atoms with Crippen LogP contribution in [0.25, 0.3) is 0 Å². The van der Waals surface area contributed by atoms with Gasteiger partial charge in [-0.25, -0.2) is 9.59 Å². The Kier molecular flexibility index (Phi) is 7.66. The molecule has 0 spiro atoms. The van der Waals surface area contributed by atoms with Crippen molar-refractivity contribution >= 4 is 17.7 Å². The lowest BCUT2D eigenvalue weighted by Crippen LogP contribution is -2.31. The first-order valence-electron chi connectivity index (χ1n) is 9.55. The summed E-state index contributed by atoms with van der Waals surface area (Å²) < 4.78 is 33.6. The predicted octanol–water partition coefficient (Wildman–Crippen LogP) is 3.23. The summed E-state index contributed by atoms with van der Waals surface area (Å²) in [7, 11) is 6.00. The van der Waals surface area contributed by atoms with Gasteiger partial charge < -0.3 is 20.2 Å². The van der Waals surface area contributed by atoms with Crippen LogP contribution in [-0.2, 0) is 37.9 Å². The molecule has 2 aromatic rings. The van der Waals surface area contributed by atoms with E-state index >= 15 is 0 Å². The van der Waals surface area contributed by atoms with Gasteiger partial charge in [-0.1, -0.05) is 19.1 Å². The Labute approximate surface area is 178 Å². The maximum atomic E-state index is 12.6. The molecule has 0 saturated heterocycles. The van der Waals surface area contributed by atoms with Crippen LogP contribution in [0.15, 0.2) is 24.3 Å². The third kappa shape index (κ3) is 6.45. The quantitative estimate of drug-likeness (QED) is 0.760. The van der Waals surface area contributed by atoms with E-state index in [-0.39, 0.29) is 6.03 Å². The monoisotopic (exact) mass is 441 g/mol. The van der Waals surface area contributed by atoms with E-state index in [9.17, 15) is 18.0 Å². The number of aromatic nitrogens is 2. The van der Waals surface area contributed by atoms with Crippen molar-refractivity contribution in [2.45, 2.75) is 39.2 Å². The van der Waals surface area contributed by atoms with Gasteiger partial charge in [-0.05, 0) is 38.2 Å². The topological polar surface area (TPSA) is 90.7 Å². The van der Waals surface area contributed by atoms with E-state index in [1.165, 1.54) is 11.1 Å². The molecule has 0 aliphatic carbocycles. The van der Waals surface area contributed by atoms with Gasteiger partial charge in [-0.15, -0.1) is 0 Å². The van der Waals surface area contributed by atoms with Crippen molar-refractivity contribution in [1.82, 2.24) is 19.6 Å². The molecule has 1 aliphatic heterocycles. The molecule has 31 heavy (non-hydrogen) atoms. The third-order valence-corrected chi connectivity index (χ3v) is 4.66. The molecule has 0 unspecified atom stereocenters. The Hall–Kier alpha value is -3.08. The largest absolute Gasteiger partial charge is 0.490 e. The van der Waals surface area contributed by atoms with Gasteiger partial charge in [-0.3, -0.25) is 4.68 Å². The smallest absolute Gasteiger partial charge is 0.475 e. The van der Waals surface area contributed by atoms with E-state index in [0.717, 1.165) is 30.0 Å². The Morgan fingerprint density at radius 3 is 2.26 bits per heavy atom. The van der Waals surface area contributed by atoms with Crippen molar-refractivity contribution in [3.8, 4) is 0 Å². The average Bonchev–Trinajstić information content (AvgIpc) is 3.23. The number of alkyl halides is 3. The predicted molar refractivity (Wildman–Crippen MR) is 108 cm³/mol. The SMILES string of the molecule is CCc1ccc(NC(=O)N2Cc3c(CN(C)C)nn(C)c3C2)cc1.O=C(O)C(F)(F)F. The molecular formula is C20H26F3N5O3. The Bertz CT molecular complexity index is 923. The first-order valence-corrected chi connectivity index (χ1v) is 9.55. The summed E-state index contributed by atoms with van der Waals surface area (Å²) in [5.74, 6) is -2.76. The van der Waals surface area contributed by atoms with Crippen molar-refractivity contribution < 1.29 is 27.9 Å². The number of halogens is 3. The lowest BCUT2D eigenvalue weighted by molar-refractivity contribution is -0.192. The fourth-order valence-electron chi connectivity index (χ4n) is 3.07. The molecule has 3 rings (SSSR count). The number of benzene rings is 1.